The van der Waals surface area contributed by atoms with Gasteiger partial charge in [-0.3, -0.25) is 4.79 Å². The molecule has 0 unspecified atom stereocenters. The van der Waals surface area contributed by atoms with Gasteiger partial charge in [-0.15, -0.1) is 10.2 Å². The lowest BCUT2D eigenvalue weighted by molar-refractivity contribution is 0.102. The zero-order valence-corrected chi connectivity index (χ0v) is 14.6. The third kappa shape index (κ3) is 3.83. The fourth-order valence-corrected chi connectivity index (χ4v) is 3.90. The zero-order chi connectivity index (χ0) is 15.6. The average Bonchev–Trinajstić information content (AvgIpc) is 2.84. The minimum atomic E-state index is 0.150. The predicted octanol–water partition coefficient (Wildman–Crippen LogP) is 3.50. The number of thioether (sulfide) groups is 1. The van der Waals surface area contributed by atoms with E-state index in [-0.39, 0.29) is 5.78 Å². The molecule has 0 atom stereocenters. The molecular weight excluding hydrogens is 302 g/mol. The van der Waals surface area contributed by atoms with Gasteiger partial charge in [-0.2, -0.15) is 0 Å². The minimum absolute atomic E-state index is 0.150. The van der Waals surface area contributed by atoms with Crippen molar-refractivity contribution in [3.8, 4) is 0 Å². The number of benzene rings is 1. The van der Waals surface area contributed by atoms with E-state index >= 15 is 0 Å². The van der Waals surface area contributed by atoms with Crippen LogP contribution in [0.4, 0.5) is 5.13 Å². The molecule has 112 valence electrons. The van der Waals surface area contributed by atoms with Crippen molar-refractivity contribution in [1.82, 2.24) is 10.2 Å². The van der Waals surface area contributed by atoms with Crippen molar-refractivity contribution in [1.29, 1.82) is 0 Å². The van der Waals surface area contributed by atoms with Crippen LogP contribution in [0, 0.1) is 20.8 Å². The van der Waals surface area contributed by atoms with Gasteiger partial charge in [-0.1, -0.05) is 40.8 Å². The molecule has 1 aromatic heterocycles. The van der Waals surface area contributed by atoms with Crippen molar-refractivity contribution in [3.63, 3.8) is 0 Å². The van der Waals surface area contributed by atoms with Crippen molar-refractivity contribution in [3.05, 3.63) is 34.4 Å². The summed E-state index contributed by atoms with van der Waals surface area (Å²) in [7, 11) is 3.86. The third-order valence-electron chi connectivity index (χ3n) is 3.06. The summed E-state index contributed by atoms with van der Waals surface area (Å²) in [6.45, 7) is 6.03. The SMILES string of the molecule is Cc1cc(C)c(C(=O)CSc2nnc(N(C)C)s2)c(C)c1. The zero-order valence-electron chi connectivity index (χ0n) is 12.9. The Bertz CT molecular complexity index is 642. The summed E-state index contributed by atoms with van der Waals surface area (Å²) in [6, 6.07) is 4.11. The van der Waals surface area contributed by atoms with E-state index in [1.807, 2.05) is 39.8 Å². The Morgan fingerprint density at radius 1 is 1.19 bits per heavy atom. The minimum Gasteiger partial charge on any atom is -0.353 e. The Morgan fingerprint density at radius 2 is 1.81 bits per heavy atom. The molecule has 0 aliphatic rings. The lowest BCUT2D eigenvalue weighted by Gasteiger charge is -2.09. The highest BCUT2D eigenvalue weighted by molar-refractivity contribution is 8.01. The average molecular weight is 321 g/mol. The Morgan fingerprint density at radius 3 is 2.33 bits per heavy atom. The quantitative estimate of drug-likeness (QED) is 0.623. The molecule has 6 heteroatoms. The van der Waals surface area contributed by atoms with Crippen molar-refractivity contribution in [2.45, 2.75) is 25.1 Å². The summed E-state index contributed by atoms with van der Waals surface area (Å²) in [6.07, 6.45) is 0. The molecule has 0 saturated carbocycles. The van der Waals surface area contributed by atoms with Crippen LogP contribution < -0.4 is 4.90 Å². The van der Waals surface area contributed by atoms with Gasteiger partial charge in [0.05, 0.1) is 5.75 Å². The fraction of sp³-hybridized carbons (Fsp3) is 0.400. The van der Waals surface area contributed by atoms with Gasteiger partial charge in [0.1, 0.15) is 0 Å². The van der Waals surface area contributed by atoms with Crippen molar-refractivity contribution in [2.75, 3.05) is 24.7 Å². The molecule has 0 bridgehead atoms. The van der Waals surface area contributed by atoms with Crippen LogP contribution in [0.1, 0.15) is 27.0 Å². The van der Waals surface area contributed by atoms with Crippen LogP contribution >= 0.6 is 23.1 Å². The maximum Gasteiger partial charge on any atom is 0.208 e. The van der Waals surface area contributed by atoms with Crippen LogP contribution in [-0.2, 0) is 0 Å². The van der Waals surface area contributed by atoms with E-state index in [0.717, 1.165) is 26.2 Å². The van der Waals surface area contributed by atoms with Gasteiger partial charge in [-0.25, -0.2) is 0 Å². The van der Waals surface area contributed by atoms with Gasteiger partial charge < -0.3 is 4.90 Å². The number of aryl methyl sites for hydroxylation is 3. The molecule has 0 saturated heterocycles. The van der Waals surface area contributed by atoms with E-state index < -0.39 is 0 Å². The Labute approximate surface area is 133 Å². The molecule has 0 radical (unpaired) electrons. The number of hydrogen-bond acceptors (Lipinski definition) is 6. The predicted molar refractivity (Wildman–Crippen MR) is 89.9 cm³/mol. The highest BCUT2D eigenvalue weighted by Crippen LogP contribution is 2.28. The maximum atomic E-state index is 12.4. The van der Waals surface area contributed by atoms with Crippen LogP contribution in [0.3, 0.4) is 0 Å². The monoisotopic (exact) mass is 321 g/mol. The van der Waals surface area contributed by atoms with Gasteiger partial charge in [0.25, 0.3) is 0 Å². The summed E-state index contributed by atoms with van der Waals surface area (Å²) in [5, 5.41) is 9.03. The molecule has 0 spiro atoms. The number of carbonyl (C=O) groups is 1. The fourth-order valence-electron chi connectivity index (χ4n) is 2.26. The van der Waals surface area contributed by atoms with Crippen LogP contribution in [0.25, 0.3) is 0 Å². The first-order chi connectivity index (χ1) is 9.88. The first-order valence-corrected chi connectivity index (χ1v) is 8.43. The molecule has 0 N–H and O–H groups in total. The van der Waals surface area contributed by atoms with Crippen LogP contribution in [0.2, 0.25) is 0 Å². The Hall–Kier alpha value is -1.40. The molecule has 0 aliphatic carbocycles. The number of anilines is 1. The smallest absolute Gasteiger partial charge is 0.208 e. The van der Waals surface area contributed by atoms with Gasteiger partial charge in [-0.05, 0) is 31.9 Å². The molecule has 1 aromatic carbocycles. The highest BCUT2D eigenvalue weighted by Gasteiger charge is 2.15. The summed E-state index contributed by atoms with van der Waals surface area (Å²) in [5.41, 5.74) is 4.12. The number of Topliss-reactive ketones (excluding diaryl/α,β-unsaturated/α-hetero) is 1. The van der Waals surface area contributed by atoms with Gasteiger partial charge in [0, 0.05) is 19.7 Å². The van der Waals surface area contributed by atoms with E-state index in [1.165, 1.54) is 28.7 Å². The van der Waals surface area contributed by atoms with Crippen molar-refractivity contribution < 1.29 is 4.79 Å². The van der Waals surface area contributed by atoms with Gasteiger partial charge >= 0.3 is 0 Å². The van der Waals surface area contributed by atoms with E-state index in [4.69, 9.17) is 0 Å². The highest BCUT2D eigenvalue weighted by atomic mass is 32.2. The van der Waals surface area contributed by atoms with Crippen molar-refractivity contribution >= 4 is 34.0 Å². The summed E-state index contributed by atoms with van der Waals surface area (Å²) in [5.74, 6) is 0.545. The molecule has 0 fully saturated rings. The first-order valence-electron chi connectivity index (χ1n) is 6.63. The van der Waals surface area contributed by atoms with E-state index in [0.29, 0.717) is 5.75 Å². The van der Waals surface area contributed by atoms with E-state index in [1.54, 1.807) is 0 Å². The number of nitrogens with zero attached hydrogens (tertiary/aromatic N) is 3. The van der Waals surface area contributed by atoms with Crippen LogP contribution in [-0.4, -0.2) is 35.8 Å². The summed E-state index contributed by atoms with van der Waals surface area (Å²) < 4.78 is 0.828. The normalized spacial score (nSPS) is 10.7. The lowest BCUT2D eigenvalue weighted by Crippen LogP contribution is -2.07. The summed E-state index contributed by atoms with van der Waals surface area (Å²) >= 11 is 2.96. The Balaban J connectivity index is 2.08. The molecular formula is C15H19N3OS2. The molecule has 21 heavy (non-hydrogen) atoms. The second-order valence-electron chi connectivity index (χ2n) is 5.23. The van der Waals surface area contributed by atoms with Crippen LogP contribution in [0.5, 0.6) is 0 Å². The second kappa shape index (κ2) is 6.58. The maximum absolute atomic E-state index is 12.4. The molecule has 2 rings (SSSR count). The van der Waals surface area contributed by atoms with Crippen molar-refractivity contribution in [2.24, 2.45) is 0 Å². The van der Waals surface area contributed by atoms with Gasteiger partial charge in [0.15, 0.2) is 10.1 Å². The van der Waals surface area contributed by atoms with E-state index in [2.05, 4.69) is 22.3 Å². The number of aromatic nitrogens is 2. The lowest BCUT2D eigenvalue weighted by atomic mass is 9.97. The largest absolute Gasteiger partial charge is 0.353 e. The number of hydrogen-bond donors (Lipinski definition) is 0. The number of carbonyl (C=O) groups excluding carboxylic acids is 1. The Kier molecular flexibility index (Phi) is 5.00. The summed E-state index contributed by atoms with van der Waals surface area (Å²) in [4.78, 5) is 14.4. The molecule has 0 aliphatic heterocycles. The third-order valence-corrected chi connectivity index (χ3v) is 5.29. The molecule has 2 aromatic rings. The van der Waals surface area contributed by atoms with Gasteiger partial charge in [0.2, 0.25) is 5.13 Å². The number of ketones is 1. The molecule has 4 nitrogen and oxygen atoms in total. The number of rotatable bonds is 5. The molecule has 1 heterocycles. The topological polar surface area (TPSA) is 46.1 Å². The first kappa shape index (κ1) is 16.0. The second-order valence-corrected chi connectivity index (χ2v) is 7.41. The van der Waals surface area contributed by atoms with Crippen LogP contribution in [0.15, 0.2) is 16.5 Å². The van der Waals surface area contributed by atoms with E-state index in [9.17, 15) is 4.79 Å². The standard InChI is InChI=1S/C15H19N3OS2/c1-9-6-10(2)13(11(3)7-9)12(19)8-20-15-17-16-14(21-15)18(4)5/h6-7H,8H2,1-5H3. The molecule has 0 amide bonds.